The molecule has 1 aliphatic heterocycles. The number of carbonyl (C=O) groups is 1. The number of piperidine rings is 1. The van der Waals surface area contributed by atoms with Gasteiger partial charge in [-0.15, -0.1) is 0 Å². The molecule has 1 fully saturated rings. The van der Waals surface area contributed by atoms with Crippen LogP contribution in [-0.2, 0) is 10.0 Å². The van der Waals surface area contributed by atoms with Crippen molar-refractivity contribution in [1.29, 1.82) is 0 Å². The summed E-state index contributed by atoms with van der Waals surface area (Å²) in [6.07, 6.45) is 1.18. The first-order valence-corrected chi connectivity index (χ1v) is 11.3. The van der Waals surface area contributed by atoms with E-state index in [4.69, 9.17) is 18.9 Å². The van der Waals surface area contributed by atoms with Crippen LogP contribution in [-0.4, -0.2) is 60.0 Å². The molecule has 0 N–H and O–H groups in total. The number of hydrogen-bond donors (Lipinski definition) is 0. The molecule has 31 heavy (non-hydrogen) atoms. The Hall–Kier alpha value is -2.78. The van der Waals surface area contributed by atoms with Gasteiger partial charge in [0, 0.05) is 30.6 Å². The Morgan fingerprint density at radius 3 is 2.23 bits per heavy atom. The van der Waals surface area contributed by atoms with Crippen molar-refractivity contribution in [3.63, 3.8) is 0 Å². The van der Waals surface area contributed by atoms with Gasteiger partial charge in [-0.1, -0.05) is 0 Å². The lowest BCUT2D eigenvalue weighted by molar-refractivity contribution is 0.0872. The molecule has 1 saturated heterocycles. The van der Waals surface area contributed by atoms with Crippen molar-refractivity contribution in [3.8, 4) is 23.0 Å². The fraction of sp³-hybridized carbons (Fsp3) is 0.409. The van der Waals surface area contributed by atoms with Gasteiger partial charge in [0.05, 0.1) is 28.4 Å². The molecule has 0 aliphatic carbocycles. The van der Waals surface area contributed by atoms with Crippen LogP contribution in [0.15, 0.2) is 41.3 Å². The fourth-order valence-electron chi connectivity index (χ4n) is 3.72. The topological polar surface area (TPSA) is 91.4 Å². The van der Waals surface area contributed by atoms with Gasteiger partial charge >= 0.3 is 0 Å². The number of carbonyl (C=O) groups excluding carboxylic acids is 1. The number of ether oxygens (including phenoxy) is 4. The molecular formula is C22H27NO7S. The van der Waals surface area contributed by atoms with Gasteiger partial charge in [0.1, 0.15) is 16.4 Å². The lowest BCUT2D eigenvalue weighted by atomic mass is 9.91. The van der Waals surface area contributed by atoms with E-state index in [9.17, 15) is 13.2 Å². The number of benzene rings is 2. The maximum absolute atomic E-state index is 13.4. The van der Waals surface area contributed by atoms with Gasteiger partial charge in [0.2, 0.25) is 10.0 Å². The second kappa shape index (κ2) is 9.57. The van der Waals surface area contributed by atoms with E-state index in [0.29, 0.717) is 42.2 Å². The van der Waals surface area contributed by atoms with Gasteiger partial charge in [0.15, 0.2) is 17.3 Å². The molecule has 2 aromatic rings. The number of nitrogens with zero attached hydrogens (tertiary/aromatic N) is 1. The molecule has 0 bridgehead atoms. The summed E-state index contributed by atoms with van der Waals surface area (Å²) in [5, 5.41) is 0. The molecule has 0 amide bonds. The zero-order valence-electron chi connectivity index (χ0n) is 18.1. The van der Waals surface area contributed by atoms with Gasteiger partial charge in [-0.2, -0.15) is 4.31 Å². The smallest absolute Gasteiger partial charge is 0.246 e. The summed E-state index contributed by atoms with van der Waals surface area (Å²) in [7, 11) is 2.03. The molecule has 1 heterocycles. The second-order valence-corrected chi connectivity index (χ2v) is 9.06. The quantitative estimate of drug-likeness (QED) is 0.572. The first-order valence-electron chi connectivity index (χ1n) is 9.84. The molecule has 9 heteroatoms. The number of Topliss-reactive ketones (excluding diaryl/α,β-unsaturated/α-hetero) is 1. The maximum Gasteiger partial charge on any atom is 0.246 e. The molecule has 8 nitrogen and oxygen atoms in total. The molecule has 0 aromatic heterocycles. The minimum atomic E-state index is -3.88. The summed E-state index contributed by atoms with van der Waals surface area (Å²) in [6, 6.07) is 9.60. The highest BCUT2D eigenvalue weighted by atomic mass is 32.2. The minimum Gasteiger partial charge on any atom is -0.497 e. The second-order valence-electron chi connectivity index (χ2n) is 7.15. The van der Waals surface area contributed by atoms with E-state index in [1.54, 1.807) is 30.3 Å². The summed E-state index contributed by atoms with van der Waals surface area (Å²) >= 11 is 0. The lowest BCUT2D eigenvalue weighted by Gasteiger charge is -2.31. The van der Waals surface area contributed by atoms with Crippen LogP contribution in [0.3, 0.4) is 0 Å². The monoisotopic (exact) mass is 449 g/mol. The number of methoxy groups -OCH3 is 4. The van der Waals surface area contributed by atoms with E-state index in [0.717, 1.165) is 0 Å². The van der Waals surface area contributed by atoms with E-state index < -0.39 is 15.9 Å². The van der Waals surface area contributed by atoms with E-state index in [-0.39, 0.29) is 23.0 Å². The highest BCUT2D eigenvalue weighted by Gasteiger charge is 2.35. The predicted molar refractivity (Wildman–Crippen MR) is 115 cm³/mol. The predicted octanol–water partition coefficient (Wildman–Crippen LogP) is 3.00. The van der Waals surface area contributed by atoms with Crippen molar-refractivity contribution >= 4 is 15.8 Å². The van der Waals surface area contributed by atoms with Gasteiger partial charge in [0.25, 0.3) is 0 Å². The molecular weight excluding hydrogens is 422 g/mol. The highest BCUT2D eigenvalue weighted by Crippen LogP contribution is 2.34. The van der Waals surface area contributed by atoms with Crippen LogP contribution in [0.2, 0.25) is 0 Å². The molecule has 1 atom stereocenters. The third-order valence-corrected chi connectivity index (χ3v) is 7.30. The molecule has 0 radical (unpaired) electrons. The molecule has 3 rings (SSSR count). The third-order valence-electron chi connectivity index (χ3n) is 5.41. The van der Waals surface area contributed by atoms with Gasteiger partial charge in [-0.05, 0) is 43.2 Å². The lowest BCUT2D eigenvalue weighted by Crippen LogP contribution is -2.42. The van der Waals surface area contributed by atoms with Crippen LogP contribution in [0.1, 0.15) is 23.2 Å². The van der Waals surface area contributed by atoms with Crippen LogP contribution < -0.4 is 18.9 Å². The summed E-state index contributed by atoms with van der Waals surface area (Å²) in [5.74, 6) is 1.03. The van der Waals surface area contributed by atoms with Crippen molar-refractivity contribution in [2.45, 2.75) is 17.7 Å². The van der Waals surface area contributed by atoms with Crippen LogP contribution in [0, 0.1) is 5.92 Å². The van der Waals surface area contributed by atoms with E-state index in [1.165, 1.54) is 38.8 Å². The molecule has 1 aliphatic rings. The Labute approximate surface area is 182 Å². The number of sulfonamides is 1. The third kappa shape index (κ3) is 4.62. The molecule has 0 saturated carbocycles. The summed E-state index contributed by atoms with van der Waals surface area (Å²) in [6.45, 7) is 0.425. The Morgan fingerprint density at radius 1 is 0.903 bits per heavy atom. The van der Waals surface area contributed by atoms with Crippen molar-refractivity contribution in [2.24, 2.45) is 5.92 Å². The SMILES string of the molecule is COc1ccc(OC)c(S(=O)(=O)N2CCCC(C(=O)c3ccc(OC)c(OC)c3)C2)c1. The zero-order valence-corrected chi connectivity index (χ0v) is 18.9. The maximum atomic E-state index is 13.4. The van der Waals surface area contributed by atoms with Gasteiger partial charge in [-0.25, -0.2) is 8.42 Å². The minimum absolute atomic E-state index is 0.0218. The first kappa shape index (κ1) is 22.9. The summed E-state index contributed by atoms with van der Waals surface area (Å²) in [4.78, 5) is 13.2. The summed E-state index contributed by atoms with van der Waals surface area (Å²) < 4.78 is 49.0. The Bertz CT molecular complexity index is 1050. The number of hydrogen-bond acceptors (Lipinski definition) is 7. The van der Waals surface area contributed by atoms with Crippen molar-refractivity contribution in [3.05, 3.63) is 42.0 Å². The van der Waals surface area contributed by atoms with Crippen molar-refractivity contribution < 1.29 is 32.2 Å². The standard InChI is InChI=1S/C22H27NO7S/c1-27-17-8-10-19(29-3)21(13-17)31(25,26)23-11-5-6-16(14-23)22(24)15-7-9-18(28-2)20(12-15)30-4/h7-10,12-13,16H,5-6,11,14H2,1-4H3. The number of rotatable bonds is 8. The van der Waals surface area contributed by atoms with Crippen molar-refractivity contribution in [2.75, 3.05) is 41.5 Å². The first-order chi connectivity index (χ1) is 14.8. The van der Waals surface area contributed by atoms with Gasteiger partial charge in [-0.3, -0.25) is 4.79 Å². The highest BCUT2D eigenvalue weighted by molar-refractivity contribution is 7.89. The van der Waals surface area contributed by atoms with Crippen LogP contribution in [0.4, 0.5) is 0 Å². The molecule has 168 valence electrons. The zero-order chi connectivity index (χ0) is 22.6. The largest absolute Gasteiger partial charge is 0.497 e. The Kier molecular flexibility index (Phi) is 7.07. The van der Waals surface area contributed by atoms with Crippen LogP contribution in [0.25, 0.3) is 0 Å². The van der Waals surface area contributed by atoms with Crippen LogP contribution in [0.5, 0.6) is 23.0 Å². The normalized spacial score (nSPS) is 17.1. The van der Waals surface area contributed by atoms with Crippen LogP contribution >= 0.6 is 0 Å². The molecule has 0 spiro atoms. The van der Waals surface area contributed by atoms with E-state index >= 15 is 0 Å². The number of ketones is 1. The molecule has 1 unspecified atom stereocenters. The average Bonchev–Trinajstić information content (AvgIpc) is 2.82. The van der Waals surface area contributed by atoms with Crippen molar-refractivity contribution in [1.82, 2.24) is 4.31 Å². The average molecular weight is 450 g/mol. The Balaban J connectivity index is 1.87. The fourth-order valence-corrected chi connectivity index (χ4v) is 5.42. The van der Waals surface area contributed by atoms with E-state index in [2.05, 4.69) is 0 Å². The Morgan fingerprint density at radius 2 is 1.58 bits per heavy atom. The van der Waals surface area contributed by atoms with Gasteiger partial charge < -0.3 is 18.9 Å². The van der Waals surface area contributed by atoms with E-state index in [1.807, 2.05) is 0 Å². The summed E-state index contributed by atoms with van der Waals surface area (Å²) in [5.41, 5.74) is 0.459. The molecule has 2 aromatic carbocycles.